The Labute approximate surface area is 160 Å². The Kier molecular flexibility index (Phi) is 5.45. The minimum Gasteiger partial charge on any atom is -0.497 e. The zero-order valence-electron chi connectivity index (χ0n) is 15.7. The number of nitrogens with zero attached hydrogens (tertiary/aromatic N) is 3. The van der Waals surface area contributed by atoms with Gasteiger partial charge in [-0.15, -0.1) is 0 Å². The molecule has 0 radical (unpaired) electrons. The topological polar surface area (TPSA) is 38.3 Å². The highest BCUT2D eigenvalue weighted by Gasteiger charge is 2.25. The normalized spacial score (nSPS) is 17.6. The minimum atomic E-state index is 0.400. The lowest BCUT2D eigenvalue weighted by Crippen LogP contribution is -2.34. The van der Waals surface area contributed by atoms with Gasteiger partial charge >= 0.3 is 0 Å². The van der Waals surface area contributed by atoms with Crippen molar-refractivity contribution in [3.8, 4) is 17.0 Å². The summed E-state index contributed by atoms with van der Waals surface area (Å²) in [6.07, 6.45) is 5.94. The lowest BCUT2D eigenvalue weighted by Gasteiger charge is -2.33. The Bertz CT molecular complexity index is 882. The van der Waals surface area contributed by atoms with Gasteiger partial charge < -0.3 is 4.74 Å². The summed E-state index contributed by atoms with van der Waals surface area (Å²) in [6, 6.07) is 18.8. The van der Waals surface area contributed by atoms with Gasteiger partial charge in [-0.1, -0.05) is 42.5 Å². The lowest BCUT2D eigenvalue weighted by molar-refractivity contribution is 0.198. The van der Waals surface area contributed by atoms with Crippen LogP contribution >= 0.6 is 0 Å². The zero-order chi connectivity index (χ0) is 18.5. The third-order valence-corrected chi connectivity index (χ3v) is 5.21. The van der Waals surface area contributed by atoms with Crippen LogP contribution in [0.1, 0.15) is 30.0 Å². The van der Waals surface area contributed by atoms with Crippen LogP contribution in [0.5, 0.6) is 5.75 Å². The van der Waals surface area contributed by atoms with Gasteiger partial charge in [-0.3, -0.25) is 14.9 Å². The van der Waals surface area contributed by atoms with Crippen molar-refractivity contribution in [3.63, 3.8) is 0 Å². The molecule has 1 aliphatic rings. The number of aromatic nitrogens is 2. The van der Waals surface area contributed by atoms with Crippen molar-refractivity contribution in [3.05, 3.63) is 78.2 Å². The quantitative estimate of drug-likeness (QED) is 0.671. The third kappa shape index (κ3) is 4.17. The molecule has 4 nitrogen and oxygen atoms in total. The summed E-state index contributed by atoms with van der Waals surface area (Å²) < 4.78 is 5.39. The molecule has 0 unspecified atom stereocenters. The molecule has 1 aromatic heterocycles. The fourth-order valence-electron chi connectivity index (χ4n) is 3.90. The maximum absolute atomic E-state index is 5.39. The van der Waals surface area contributed by atoms with E-state index in [4.69, 9.17) is 9.72 Å². The third-order valence-electron chi connectivity index (χ3n) is 5.21. The van der Waals surface area contributed by atoms with Gasteiger partial charge in [0.25, 0.3) is 0 Å². The molecular weight excluding hydrogens is 334 g/mol. The molecule has 1 saturated heterocycles. The number of likely N-dealkylation sites (tertiary alicyclic amines) is 1. The Morgan fingerprint density at radius 1 is 1.04 bits per heavy atom. The van der Waals surface area contributed by atoms with Gasteiger partial charge in [0.2, 0.25) is 0 Å². The van der Waals surface area contributed by atoms with Crippen LogP contribution < -0.4 is 4.74 Å². The minimum absolute atomic E-state index is 0.400. The Balaban J connectivity index is 1.57. The molecule has 2 heterocycles. The molecular formula is C23H25N3O. The van der Waals surface area contributed by atoms with Crippen LogP contribution in [0.2, 0.25) is 0 Å². The molecule has 0 N–H and O–H groups in total. The molecule has 138 valence electrons. The number of piperidine rings is 1. The predicted octanol–water partition coefficient (Wildman–Crippen LogP) is 4.53. The van der Waals surface area contributed by atoms with Gasteiger partial charge in [-0.25, -0.2) is 0 Å². The van der Waals surface area contributed by atoms with Crippen LogP contribution in [-0.4, -0.2) is 35.1 Å². The van der Waals surface area contributed by atoms with Gasteiger partial charge in [0.15, 0.2) is 0 Å². The second kappa shape index (κ2) is 8.31. The van der Waals surface area contributed by atoms with Gasteiger partial charge in [-0.05, 0) is 37.1 Å². The molecule has 4 rings (SSSR count). The van der Waals surface area contributed by atoms with Crippen LogP contribution in [0, 0.1) is 0 Å². The summed E-state index contributed by atoms with van der Waals surface area (Å²) in [5.74, 6) is 1.25. The van der Waals surface area contributed by atoms with Crippen molar-refractivity contribution in [1.82, 2.24) is 14.9 Å². The summed E-state index contributed by atoms with van der Waals surface area (Å²) in [6.45, 7) is 3.15. The fraction of sp³-hybridized carbons (Fsp3) is 0.304. The Hall–Kier alpha value is -2.72. The number of methoxy groups -OCH3 is 1. The summed E-state index contributed by atoms with van der Waals surface area (Å²) >= 11 is 0. The van der Waals surface area contributed by atoms with E-state index in [2.05, 4.69) is 46.3 Å². The van der Waals surface area contributed by atoms with Crippen LogP contribution in [0.15, 0.2) is 67.0 Å². The first-order valence-corrected chi connectivity index (χ1v) is 9.55. The molecule has 0 spiro atoms. The van der Waals surface area contributed by atoms with E-state index >= 15 is 0 Å². The first kappa shape index (κ1) is 17.7. The van der Waals surface area contributed by atoms with E-state index in [1.54, 1.807) is 13.3 Å². The summed E-state index contributed by atoms with van der Waals surface area (Å²) in [5.41, 5.74) is 4.51. The van der Waals surface area contributed by atoms with Crippen molar-refractivity contribution in [1.29, 1.82) is 0 Å². The summed E-state index contributed by atoms with van der Waals surface area (Å²) in [4.78, 5) is 12.0. The van der Waals surface area contributed by atoms with E-state index in [0.29, 0.717) is 5.92 Å². The van der Waals surface area contributed by atoms with E-state index in [9.17, 15) is 0 Å². The first-order chi connectivity index (χ1) is 13.3. The van der Waals surface area contributed by atoms with E-state index < -0.39 is 0 Å². The Morgan fingerprint density at radius 3 is 2.74 bits per heavy atom. The van der Waals surface area contributed by atoms with Gasteiger partial charge in [0, 0.05) is 37.0 Å². The molecule has 1 atom stereocenters. The Morgan fingerprint density at radius 2 is 1.89 bits per heavy atom. The molecule has 4 heteroatoms. The summed E-state index contributed by atoms with van der Waals surface area (Å²) in [5, 5.41) is 0. The number of rotatable bonds is 5. The van der Waals surface area contributed by atoms with Crippen molar-refractivity contribution in [2.75, 3.05) is 20.2 Å². The standard InChI is InChI=1S/C23H25N3O/c1-27-21-11-5-9-19(15-21)22-23(25-13-12-24-22)20-10-6-14-26(17-20)16-18-7-3-2-4-8-18/h2-5,7-9,11-13,15,20H,6,10,14,16-17H2,1H3/t20-/m1/s1. The van der Waals surface area contributed by atoms with Crippen LogP contribution in [0.3, 0.4) is 0 Å². The zero-order valence-corrected chi connectivity index (χ0v) is 15.7. The van der Waals surface area contributed by atoms with E-state index in [1.165, 1.54) is 12.0 Å². The molecule has 3 aromatic rings. The van der Waals surface area contributed by atoms with Crippen molar-refractivity contribution in [2.45, 2.75) is 25.3 Å². The number of hydrogen-bond donors (Lipinski definition) is 0. The predicted molar refractivity (Wildman–Crippen MR) is 108 cm³/mol. The van der Waals surface area contributed by atoms with Gasteiger partial charge in [-0.2, -0.15) is 0 Å². The average Bonchev–Trinajstić information content (AvgIpc) is 2.75. The lowest BCUT2D eigenvalue weighted by atomic mass is 9.91. The molecule has 0 saturated carbocycles. The van der Waals surface area contributed by atoms with Crippen LogP contribution in [0.4, 0.5) is 0 Å². The molecule has 0 amide bonds. The number of hydrogen-bond acceptors (Lipinski definition) is 4. The van der Waals surface area contributed by atoms with E-state index in [0.717, 1.165) is 48.8 Å². The molecule has 2 aromatic carbocycles. The van der Waals surface area contributed by atoms with Crippen LogP contribution in [0.25, 0.3) is 11.3 Å². The van der Waals surface area contributed by atoms with Gasteiger partial charge in [0.1, 0.15) is 5.75 Å². The number of ether oxygens (including phenoxy) is 1. The second-order valence-electron chi connectivity index (χ2n) is 7.08. The van der Waals surface area contributed by atoms with E-state index in [-0.39, 0.29) is 0 Å². The number of benzene rings is 2. The van der Waals surface area contributed by atoms with E-state index in [1.807, 2.05) is 24.4 Å². The molecule has 1 fully saturated rings. The fourth-order valence-corrected chi connectivity index (χ4v) is 3.90. The maximum Gasteiger partial charge on any atom is 0.119 e. The van der Waals surface area contributed by atoms with Crippen LogP contribution in [-0.2, 0) is 6.54 Å². The molecule has 0 bridgehead atoms. The largest absolute Gasteiger partial charge is 0.497 e. The molecule has 27 heavy (non-hydrogen) atoms. The van der Waals surface area contributed by atoms with Gasteiger partial charge in [0.05, 0.1) is 18.5 Å². The summed E-state index contributed by atoms with van der Waals surface area (Å²) in [7, 11) is 1.69. The van der Waals surface area contributed by atoms with Crippen molar-refractivity contribution >= 4 is 0 Å². The highest BCUT2D eigenvalue weighted by molar-refractivity contribution is 5.64. The van der Waals surface area contributed by atoms with Crippen molar-refractivity contribution < 1.29 is 4.74 Å². The highest BCUT2D eigenvalue weighted by Crippen LogP contribution is 2.33. The highest BCUT2D eigenvalue weighted by atomic mass is 16.5. The van der Waals surface area contributed by atoms with Crippen molar-refractivity contribution in [2.24, 2.45) is 0 Å². The SMILES string of the molecule is COc1cccc(-c2nccnc2[C@@H]2CCCN(Cc3ccccc3)C2)c1. The first-order valence-electron chi connectivity index (χ1n) is 9.55. The average molecular weight is 359 g/mol. The second-order valence-corrected chi connectivity index (χ2v) is 7.08. The molecule has 1 aliphatic heterocycles. The maximum atomic E-state index is 5.39. The smallest absolute Gasteiger partial charge is 0.119 e. The monoisotopic (exact) mass is 359 g/mol. The molecule has 0 aliphatic carbocycles.